The minimum absolute atomic E-state index is 0.0673. The standard InChI is InChI=1S/C9H19NO4S/c1-3-4-5-7-10(15(2,13)14)8-6-9(11)12/h3-8H2,1-2H3,(H,11,12). The van der Waals surface area contributed by atoms with Crippen LogP contribution in [0.25, 0.3) is 0 Å². The predicted molar refractivity (Wildman–Crippen MR) is 58.2 cm³/mol. The van der Waals surface area contributed by atoms with Gasteiger partial charge >= 0.3 is 5.97 Å². The Morgan fingerprint density at radius 3 is 2.27 bits per heavy atom. The van der Waals surface area contributed by atoms with Gasteiger partial charge in [-0.3, -0.25) is 4.79 Å². The van der Waals surface area contributed by atoms with Gasteiger partial charge in [-0.1, -0.05) is 19.8 Å². The lowest BCUT2D eigenvalue weighted by Gasteiger charge is -2.18. The first-order valence-electron chi connectivity index (χ1n) is 5.05. The molecule has 90 valence electrons. The van der Waals surface area contributed by atoms with Crippen LogP contribution in [-0.2, 0) is 14.8 Å². The lowest BCUT2D eigenvalue weighted by atomic mass is 10.2. The molecule has 0 rings (SSSR count). The minimum atomic E-state index is -3.27. The average Bonchev–Trinajstić information content (AvgIpc) is 2.08. The second-order valence-electron chi connectivity index (χ2n) is 3.51. The molecule has 0 bridgehead atoms. The summed E-state index contributed by atoms with van der Waals surface area (Å²) in [5.41, 5.74) is 0. The SMILES string of the molecule is CCCCCN(CCC(=O)O)S(C)(=O)=O. The minimum Gasteiger partial charge on any atom is -0.481 e. The van der Waals surface area contributed by atoms with Gasteiger partial charge in [-0.05, 0) is 6.42 Å². The summed E-state index contributed by atoms with van der Waals surface area (Å²) < 4.78 is 23.8. The third-order valence-corrected chi connectivity index (χ3v) is 3.36. The molecule has 0 aliphatic heterocycles. The van der Waals surface area contributed by atoms with E-state index in [1.54, 1.807) is 0 Å². The van der Waals surface area contributed by atoms with Crippen molar-refractivity contribution in [2.75, 3.05) is 19.3 Å². The van der Waals surface area contributed by atoms with E-state index in [2.05, 4.69) is 0 Å². The van der Waals surface area contributed by atoms with Crippen LogP contribution in [0.1, 0.15) is 32.6 Å². The van der Waals surface area contributed by atoms with Crippen molar-refractivity contribution in [2.24, 2.45) is 0 Å². The number of aliphatic carboxylic acids is 1. The van der Waals surface area contributed by atoms with Gasteiger partial charge in [0.25, 0.3) is 0 Å². The van der Waals surface area contributed by atoms with Crippen LogP contribution in [0.3, 0.4) is 0 Å². The molecule has 0 fully saturated rings. The normalized spacial score (nSPS) is 11.9. The van der Waals surface area contributed by atoms with Crippen molar-refractivity contribution in [1.29, 1.82) is 0 Å². The molecule has 0 aromatic heterocycles. The van der Waals surface area contributed by atoms with Crippen molar-refractivity contribution < 1.29 is 18.3 Å². The molecule has 0 unspecified atom stereocenters. The van der Waals surface area contributed by atoms with Crippen molar-refractivity contribution in [3.8, 4) is 0 Å². The van der Waals surface area contributed by atoms with E-state index in [0.717, 1.165) is 25.5 Å². The maximum Gasteiger partial charge on any atom is 0.304 e. The monoisotopic (exact) mass is 237 g/mol. The second-order valence-corrected chi connectivity index (χ2v) is 5.50. The number of carboxylic acids is 1. The topological polar surface area (TPSA) is 74.7 Å². The summed E-state index contributed by atoms with van der Waals surface area (Å²) in [5.74, 6) is -0.973. The van der Waals surface area contributed by atoms with E-state index in [-0.39, 0.29) is 13.0 Å². The van der Waals surface area contributed by atoms with E-state index >= 15 is 0 Å². The first-order valence-corrected chi connectivity index (χ1v) is 6.89. The third kappa shape index (κ3) is 7.33. The Morgan fingerprint density at radius 1 is 1.27 bits per heavy atom. The van der Waals surface area contributed by atoms with Crippen molar-refractivity contribution in [2.45, 2.75) is 32.6 Å². The Bertz CT molecular complexity index is 286. The maximum atomic E-state index is 11.3. The molecule has 0 amide bonds. The van der Waals surface area contributed by atoms with Gasteiger partial charge < -0.3 is 5.11 Å². The fourth-order valence-corrected chi connectivity index (χ4v) is 2.09. The quantitative estimate of drug-likeness (QED) is 0.637. The summed E-state index contributed by atoms with van der Waals surface area (Å²) in [4.78, 5) is 10.3. The summed E-state index contributed by atoms with van der Waals surface area (Å²) in [6, 6.07) is 0. The third-order valence-electron chi connectivity index (χ3n) is 2.06. The van der Waals surface area contributed by atoms with Crippen LogP contribution in [0.2, 0.25) is 0 Å². The van der Waals surface area contributed by atoms with E-state index in [4.69, 9.17) is 5.11 Å². The van der Waals surface area contributed by atoms with Crippen LogP contribution in [0, 0.1) is 0 Å². The molecule has 0 aromatic rings. The summed E-state index contributed by atoms with van der Waals surface area (Å²) >= 11 is 0. The predicted octanol–water partition coefficient (Wildman–Crippen LogP) is 0.913. The highest BCUT2D eigenvalue weighted by Crippen LogP contribution is 2.04. The number of carbonyl (C=O) groups is 1. The van der Waals surface area contributed by atoms with Crippen molar-refractivity contribution in [3.05, 3.63) is 0 Å². The molecular formula is C9H19NO4S. The van der Waals surface area contributed by atoms with Gasteiger partial charge in [0.1, 0.15) is 0 Å². The Kier molecular flexibility index (Phi) is 6.51. The van der Waals surface area contributed by atoms with Gasteiger partial charge in [-0.15, -0.1) is 0 Å². The lowest BCUT2D eigenvalue weighted by Crippen LogP contribution is -2.33. The molecule has 5 nitrogen and oxygen atoms in total. The molecule has 0 aromatic carbocycles. The summed E-state index contributed by atoms with van der Waals surface area (Å²) in [7, 11) is -3.27. The summed E-state index contributed by atoms with van der Waals surface area (Å²) in [6.07, 6.45) is 3.72. The van der Waals surface area contributed by atoms with Crippen LogP contribution >= 0.6 is 0 Å². The fourth-order valence-electron chi connectivity index (χ4n) is 1.20. The van der Waals surface area contributed by atoms with Crippen LogP contribution in [0.15, 0.2) is 0 Å². The van der Waals surface area contributed by atoms with E-state index in [9.17, 15) is 13.2 Å². The van der Waals surface area contributed by atoms with Gasteiger partial charge in [0.05, 0.1) is 12.7 Å². The van der Waals surface area contributed by atoms with Gasteiger partial charge in [0.2, 0.25) is 10.0 Å². The van der Waals surface area contributed by atoms with Crippen molar-refractivity contribution in [3.63, 3.8) is 0 Å². The van der Waals surface area contributed by atoms with Gasteiger partial charge in [-0.2, -0.15) is 0 Å². The molecule has 0 aliphatic carbocycles. The number of carboxylic acid groups (broad SMARTS) is 1. The molecule has 1 N–H and O–H groups in total. The van der Waals surface area contributed by atoms with Gasteiger partial charge in [0, 0.05) is 13.1 Å². The fraction of sp³-hybridized carbons (Fsp3) is 0.889. The number of hydrogen-bond donors (Lipinski definition) is 1. The number of unbranched alkanes of at least 4 members (excludes halogenated alkanes) is 2. The highest BCUT2D eigenvalue weighted by atomic mass is 32.2. The van der Waals surface area contributed by atoms with Crippen LogP contribution in [0.5, 0.6) is 0 Å². The second kappa shape index (κ2) is 6.79. The average molecular weight is 237 g/mol. The Labute approximate surface area is 91.1 Å². The summed E-state index contributed by atoms with van der Waals surface area (Å²) in [6.45, 7) is 2.51. The first kappa shape index (κ1) is 14.4. The zero-order valence-electron chi connectivity index (χ0n) is 9.27. The highest BCUT2D eigenvalue weighted by Gasteiger charge is 2.16. The first-order chi connectivity index (χ1) is 6.88. The van der Waals surface area contributed by atoms with Crippen LogP contribution < -0.4 is 0 Å². The van der Waals surface area contributed by atoms with Gasteiger partial charge in [0.15, 0.2) is 0 Å². The lowest BCUT2D eigenvalue weighted by molar-refractivity contribution is -0.137. The molecule has 0 spiro atoms. The Morgan fingerprint density at radius 2 is 1.87 bits per heavy atom. The summed E-state index contributed by atoms with van der Waals surface area (Å²) in [5, 5.41) is 8.48. The maximum absolute atomic E-state index is 11.3. The molecule has 0 saturated carbocycles. The zero-order valence-corrected chi connectivity index (χ0v) is 10.1. The van der Waals surface area contributed by atoms with E-state index in [1.165, 1.54) is 4.31 Å². The van der Waals surface area contributed by atoms with E-state index < -0.39 is 16.0 Å². The largest absolute Gasteiger partial charge is 0.481 e. The van der Waals surface area contributed by atoms with Crippen LogP contribution in [0.4, 0.5) is 0 Å². The van der Waals surface area contributed by atoms with Crippen molar-refractivity contribution in [1.82, 2.24) is 4.31 Å². The molecular weight excluding hydrogens is 218 g/mol. The Balaban J connectivity index is 4.14. The molecule has 0 aliphatic rings. The Hall–Kier alpha value is -0.620. The number of sulfonamides is 1. The molecule has 0 heterocycles. The zero-order chi connectivity index (χ0) is 11.9. The number of rotatable bonds is 8. The number of nitrogens with zero attached hydrogens (tertiary/aromatic N) is 1. The van der Waals surface area contributed by atoms with E-state index in [1.807, 2.05) is 6.92 Å². The molecule has 0 saturated heterocycles. The molecule has 15 heavy (non-hydrogen) atoms. The smallest absolute Gasteiger partial charge is 0.304 e. The molecule has 6 heteroatoms. The van der Waals surface area contributed by atoms with Crippen molar-refractivity contribution >= 4 is 16.0 Å². The van der Waals surface area contributed by atoms with Gasteiger partial charge in [-0.25, -0.2) is 12.7 Å². The van der Waals surface area contributed by atoms with E-state index in [0.29, 0.717) is 6.54 Å². The molecule has 0 atom stereocenters. The molecule has 0 radical (unpaired) electrons. The highest BCUT2D eigenvalue weighted by molar-refractivity contribution is 7.88. The number of hydrogen-bond acceptors (Lipinski definition) is 3. The van der Waals surface area contributed by atoms with Crippen LogP contribution in [-0.4, -0.2) is 43.1 Å².